The number of oxazole rings is 1. The molecule has 1 amide bonds. The van der Waals surface area contributed by atoms with Crippen molar-refractivity contribution in [3.05, 3.63) is 41.9 Å². The largest absolute Gasteiger partial charge is 0.441 e. The molecule has 2 aliphatic heterocycles. The fourth-order valence-corrected chi connectivity index (χ4v) is 4.25. The van der Waals surface area contributed by atoms with Crippen molar-refractivity contribution in [1.82, 2.24) is 15.2 Å². The van der Waals surface area contributed by atoms with Gasteiger partial charge in [0.05, 0.1) is 12.0 Å². The molecule has 2 aromatic rings. The van der Waals surface area contributed by atoms with Gasteiger partial charge in [-0.05, 0) is 38.8 Å². The lowest BCUT2D eigenvalue weighted by Crippen LogP contribution is -2.52. The first kappa shape index (κ1) is 16.3. The van der Waals surface area contributed by atoms with Crippen LogP contribution in [0.15, 0.2) is 34.7 Å². The summed E-state index contributed by atoms with van der Waals surface area (Å²) in [6.45, 7) is 5.10. The molecule has 0 atom stereocenters. The number of rotatable bonds is 3. The van der Waals surface area contributed by atoms with E-state index in [4.69, 9.17) is 4.42 Å². The minimum atomic E-state index is -0.158. The third-order valence-electron chi connectivity index (χ3n) is 5.57. The Bertz CT molecular complexity index is 742. The molecular formula is C20H25N3O2. The van der Waals surface area contributed by atoms with E-state index in [2.05, 4.69) is 10.3 Å². The van der Waals surface area contributed by atoms with Crippen LogP contribution in [0, 0.1) is 12.3 Å². The first-order valence-electron chi connectivity index (χ1n) is 9.20. The maximum Gasteiger partial charge on any atom is 0.229 e. The van der Waals surface area contributed by atoms with Gasteiger partial charge in [0.2, 0.25) is 5.91 Å². The van der Waals surface area contributed by atoms with Gasteiger partial charge in [0, 0.05) is 19.0 Å². The minimum Gasteiger partial charge on any atom is -0.441 e. The Morgan fingerprint density at radius 1 is 1.20 bits per heavy atom. The number of nitrogens with zero attached hydrogens (tertiary/aromatic N) is 2. The number of nitrogens with one attached hydrogen (secondary N) is 1. The van der Waals surface area contributed by atoms with Gasteiger partial charge in [0.1, 0.15) is 5.69 Å². The van der Waals surface area contributed by atoms with E-state index in [1.165, 1.54) is 0 Å². The average molecular weight is 339 g/mol. The van der Waals surface area contributed by atoms with Gasteiger partial charge in [0.15, 0.2) is 11.7 Å². The molecule has 2 aliphatic rings. The summed E-state index contributed by atoms with van der Waals surface area (Å²) in [6, 6.07) is 10.0. The monoisotopic (exact) mass is 339 g/mol. The summed E-state index contributed by atoms with van der Waals surface area (Å²) in [4.78, 5) is 19.8. The van der Waals surface area contributed by atoms with Crippen LogP contribution < -0.4 is 5.32 Å². The minimum absolute atomic E-state index is 0.158. The van der Waals surface area contributed by atoms with Crippen molar-refractivity contribution < 1.29 is 9.21 Å². The third-order valence-corrected chi connectivity index (χ3v) is 5.57. The van der Waals surface area contributed by atoms with E-state index in [9.17, 15) is 4.79 Å². The number of likely N-dealkylation sites (tertiary alicyclic amines) is 1. The maximum atomic E-state index is 13.2. The number of hydrogen-bond donors (Lipinski definition) is 1. The summed E-state index contributed by atoms with van der Waals surface area (Å²) in [5, 5.41) is 3.38. The number of carbonyl (C=O) groups is 1. The SMILES string of the molecule is Cc1nc(CN2CCCC3(CCNCC3)C2=O)c(-c2ccccc2)o1. The Kier molecular flexibility index (Phi) is 4.34. The van der Waals surface area contributed by atoms with E-state index in [-0.39, 0.29) is 5.41 Å². The van der Waals surface area contributed by atoms with Crippen molar-refractivity contribution in [3.8, 4) is 11.3 Å². The van der Waals surface area contributed by atoms with Crippen molar-refractivity contribution in [2.75, 3.05) is 19.6 Å². The predicted molar refractivity (Wildman–Crippen MR) is 95.9 cm³/mol. The summed E-state index contributed by atoms with van der Waals surface area (Å²) in [7, 11) is 0. The van der Waals surface area contributed by atoms with Crippen molar-refractivity contribution in [2.45, 2.75) is 39.2 Å². The normalized spacial score (nSPS) is 20.2. The Labute approximate surface area is 148 Å². The Morgan fingerprint density at radius 2 is 1.96 bits per heavy atom. The molecule has 1 spiro atoms. The third kappa shape index (κ3) is 3.09. The van der Waals surface area contributed by atoms with Crippen LogP contribution in [0.4, 0.5) is 0 Å². The molecule has 5 nitrogen and oxygen atoms in total. The van der Waals surface area contributed by atoms with Gasteiger partial charge in [-0.1, -0.05) is 30.3 Å². The molecule has 1 aromatic heterocycles. The number of hydrogen-bond acceptors (Lipinski definition) is 4. The van der Waals surface area contributed by atoms with Crippen LogP contribution in [0.2, 0.25) is 0 Å². The number of benzene rings is 1. The standard InChI is InChI=1S/C20H25N3O2/c1-15-22-17(18(25-15)16-6-3-2-4-7-16)14-23-13-5-8-20(19(23)24)9-11-21-12-10-20/h2-4,6-7,21H,5,8-14H2,1H3. The molecule has 132 valence electrons. The Hall–Kier alpha value is -2.14. The van der Waals surface area contributed by atoms with Gasteiger partial charge in [-0.3, -0.25) is 4.79 Å². The molecule has 4 rings (SSSR count). The summed E-state index contributed by atoms with van der Waals surface area (Å²) >= 11 is 0. The molecule has 1 aromatic carbocycles. The summed E-state index contributed by atoms with van der Waals surface area (Å²) in [5.41, 5.74) is 1.72. The number of aryl methyl sites for hydroxylation is 1. The van der Waals surface area contributed by atoms with Crippen molar-refractivity contribution in [1.29, 1.82) is 0 Å². The van der Waals surface area contributed by atoms with Crippen LogP contribution in [0.5, 0.6) is 0 Å². The Balaban J connectivity index is 1.59. The second-order valence-corrected chi connectivity index (χ2v) is 7.24. The summed E-state index contributed by atoms with van der Waals surface area (Å²) in [5.74, 6) is 1.74. The van der Waals surface area contributed by atoms with Crippen molar-refractivity contribution in [3.63, 3.8) is 0 Å². The summed E-state index contributed by atoms with van der Waals surface area (Å²) in [6.07, 6.45) is 3.99. The fraction of sp³-hybridized carbons (Fsp3) is 0.500. The molecule has 0 radical (unpaired) electrons. The highest BCUT2D eigenvalue weighted by atomic mass is 16.4. The molecule has 1 N–H and O–H groups in total. The van der Waals surface area contributed by atoms with Gasteiger partial charge in [-0.25, -0.2) is 4.98 Å². The van der Waals surface area contributed by atoms with Crippen LogP contribution in [0.25, 0.3) is 11.3 Å². The van der Waals surface area contributed by atoms with E-state index in [0.717, 1.165) is 62.3 Å². The van der Waals surface area contributed by atoms with Crippen LogP contribution in [-0.2, 0) is 11.3 Å². The lowest BCUT2D eigenvalue weighted by atomic mass is 9.72. The molecule has 3 heterocycles. The highest BCUT2D eigenvalue weighted by molar-refractivity contribution is 5.83. The first-order chi connectivity index (χ1) is 12.2. The van der Waals surface area contributed by atoms with Gasteiger partial charge in [-0.15, -0.1) is 0 Å². The van der Waals surface area contributed by atoms with Gasteiger partial charge in [0.25, 0.3) is 0 Å². The molecule has 0 bridgehead atoms. The molecule has 0 aliphatic carbocycles. The molecule has 2 fully saturated rings. The lowest BCUT2D eigenvalue weighted by molar-refractivity contribution is -0.149. The molecular weight excluding hydrogens is 314 g/mol. The Morgan fingerprint density at radius 3 is 2.72 bits per heavy atom. The summed E-state index contributed by atoms with van der Waals surface area (Å²) < 4.78 is 5.86. The molecule has 5 heteroatoms. The zero-order valence-corrected chi connectivity index (χ0v) is 14.8. The zero-order chi connectivity index (χ0) is 17.3. The lowest BCUT2D eigenvalue weighted by Gasteiger charge is -2.44. The number of aromatic nitrogens is 1. The second kappa shape index (κ2) is 6.64. The van der Waals surface area contributed by atoms with E-state index in [1.807, 2.05) is 42.2 Å². The fourth-order valence-electron chi connectivity index (χ4n) is 4.25. The number of piperidine rings is 2. The van der Waals surface area contributed by atoms with Crippen LogP contribution >= 0.6 is 0 Å². The smallest absolute Gasteiger partial charge is 0.229 e. The average Bonchev–Trinajstić information content (AvgIpc) is 3.01. The van der Waals surface area contributed by atoms with E-state index in [0.29, 0.717) is 18.3 Å². The number of amides is 1. The predicted octanol–water partition coefficient (Wildman–Crippen LogP) is 3.14. The van der Waals surface area contributed by atoms with Crippen LogP contribution in [0.3, 0.4) is 0 Å². The van der Waals surface area contributed by atoms with Crippen molar-refractivity contribution >= 4 is 5.91 Å². The molecule has 0 unspecified atom stereocenters. The quantitative estimate of drug-likeness (QED) is 0.933. The molecule has 0 saturated carbocycles. The zero-order valence-electron chi connectivity index (χ0n) is 14.8. The highest BCUT2D eigenvalue weighted by Gasteiger charge is 2.44. The van der Waals surface area contributed by atoms with Crippen LogP contribution in [0.1, 0.15) is 37.3 Å². The maximum absolute atomic E-state index is 13.2. The second-order valence-electron chi connectivity index (χ2n) is 7.24. The topological polar surface area (TPSA) is 58.4 Å². The van der Waals surface area contributed by atoms with Crippen molar-refractivity contribution in [2.24, 2.45) is 5.41 Å². The van der Waals surface area contributed by atoms with Gasteiger partial charge < -0.3 is 14.6 Å². The number of carbonyl (C=O) groups excluding carboxylic acids is 1. The van der Waals surface area contributed by atoms with E-state index in [1.54, 1.807) is 0 Å². The molecule has 2 saturated heterocycles. The van der Waals surface area contributed by atoms with E-state index < -0.39 is 0 Å². The molecule has 25 heavy (non-hydrogen) atoms. The van der Waals surface area contributed by atoms with Gasteiger partial charge >= 0.3 is 0 Å². The van der Waals surface area contributed by atoms with Crippen LogP contribution in [-0.4, -0.2) is 35.4 Å². The van der Waals surface area contributed by atoms with Gasteiger partial charge in [-0.2, -0.15) is 0 Å². The highest BCUT2D eigenvalue weighted by Crippen LogP contribution is 2.40. The van der Waals surface area contributed by atoms with E-state index >= 15 is 0 Å². The first-order valence-corrected chi connectivity index (χ1v) is 9.20.